The molecule has 0 fully saturated rings. The summed E-state index contributed by atoms with van der Waals surface area (Å²) in [7, 11) is -3.49. The minimum Gasteiger partial charge on any atom is -0.393 e. The van der Waals surface area contributed by atoms with Crippen molar-refractivity contribution in [2.45, 2.75) is 23.6 Å². The van der Waals surface area contributed by atoms with Crippen LogP contribution in [0.15, 0.2) is 20.1 Å². The molecule has 0 radical (unpaired) electrons. The van der Waals surface area contributed by atoms with Crippen molar-refractivity contribution in [2.24, 2.45) is 5.73 Å². The lowest BCUT2D eigenvalue weighted by molar-refractivity contribution is 0.566. The van der Waals surface area contributed by atoms with Crippen LogP contribution in [0.3, 0.4) is 0 Å². The second-order valence-electron chi connectivity index (χ2n) is 3.25. The molecule has 0 bridgehead atoms. The number of halogens is 1. The van der Waals surface area contributed by atoms with E-state index in [2.05, 4.69) is 20.7 Å². The van der Waals surface area contributed by atoms with Gasteiger partial charge in [-0.15, -0.1) is 11.3 Å². The molecule has 16 heavy (non-hydrogen) atoms. The second-order valence-corrected chi connectivity index (χ2v) is 7.45. The summed E-state index contributed by atoms with van der Waals surface area (Å²) in [5.74, 6) is 0. The van der Waals surface area contributed by atoms with Crippen LogP contribution in [-0.4, -0.2) is 19.4 Å². The largest absolute Gasteiger partial charge is 0.393 e. The van der Waals surface area contributed by atoms with Crippen LogP contribution in [0.1, 0.15) is 13.3 Å². The summed E-state index contributed by atoms with van der Waals surface area (Å²) in [6.45, 7) is 1.72. The molecule has 1 heterocycles. The molecule has 0 spiro atoms. The van der Waals surface area contributed by atoms with Crippen molar-refractivity contribution in [3.05, 3.63) is 15.9 Å². The fraction of sp³-hybridized carbons (Fsp3) is 0.375. The van der Waals surface area contributed by atoms with Gasteiger partial charge in [0.2, 0.25) is 0 Å². The average Bonchev–Trinajstić information content (AvgIpc) is 2.48. The number of thiocarbonyl (C=S) groups is 1. The van der Waals surface area contributed by atoms with E-state index in [1.165, 1.54) is 0 Å². The predicted octanol–water partition coefficient (Wildman–Crippen LogP) is 1.85. The molecule has 0 saturated heterocycles. The first-order valence-corrected chi connectivity index (χ1v) is 7.93. The zero-order valence-electron chi connectivity index (χ0n) is 8.44. The van der Waals surface area contributed by atoms with Crippen molar-refractivity contribution >= 4 is 54.5 Å². The van der Waals surface area contributed by atoms with Gasteiger partial charge in [0.25, 0.3) is 10.0 Å². The van der Waals surface area contributed by atoms with Crippen molar-refractivity contribution in [2.75, 3.05) is 0 Å². The highest BCUT2D eigenvalue weighted by Crippen LogP contribution is 2.27. The standard InChI is InChI=1S/C8H11BrN2O2S3/c1-5(4-7(10)14)11-16(12,13)8-6(9)2-3-15-8/h2-3,5,11H,4H2,1H3,(H2,10,14). The number of rotatable bonds is 5. The fourth-order valence-electron chi connectivity index (χ4n) is 1.13. The predicted molar refractivity (Wildman–Crippen MR) is 73.2 cm³/mol. The van der Waals surface area contributed by atoms with Crippen LogP contribution in [-0.2, 0) is 10.0 Å². The van der Waals surface area contributed by atoms with Crippen molar-refractivity contribution in [3.63, 3.8) is 0 Å². The maximum absolute atomic E-state index is 11.9. The fourth-order valence-corrected chi connectivity index (χ4v) is 4.98. The van der Waals surface area contributed by atoms with Crippen LogP contribution >= 0.6 is 39.5 Å². The Balaban J connectivity index is 2.81. The molecule has 90 valence electrons. The minimum atomic E-state index is -3.49. The van der Waals surface area contributed by atoms with E-state index in [1.54, 1.807) is 18.4 Å². The molecule has 1 rings (SSSR count). The maximum Gasteiger partial charge on any atom is 0.251 e. The van der Waals surface area contributed by atoms with Gasteiger partial charge in [-0.25, -0.2) is 13.1 Å². The van der Waals surface area contributed by atoms with Gasteiger partial charge >= 0.3 is 0 Å². The number of sulfonamides is 1. The zero-order chi connectivity index (χ0) is 12.3. The Kier molecular flexibility index (Phi) is 4.87. The summed E-state index contributed by atoms with van der Waals surface area (Å²) in [6, 6.07) is 1.38. The highest BCUT2D eigenvalue weighted by molar-refractivity contribution is 9.10. The van der Waals surface area contributed by atoms with E-state index < -0.39 is 10.0 Å². The van der Waals surface area contributed by atoms with Crippen molar-refractivity contribution in [3.8, 4) is 0 Å². The summed E-state index contributed by atoms with van der Waals surface area (Å²) < 4.78 is 27.1. The molecule has 1 atom stereocenters. The van der Waals surface area contributed by atoms with Gasteiger partial charge in [0.1, 0.15) is 4.21 Å². The third-order valence-corrected chi connectivity index (χ3v) is 6.12. The van der Waals surface area contributed by atoms with E-state index in [4.69, 9.17) is 18.0 Å². The summed E-state index contributed by atoms with van der Waals surface area (Å²) in [5, 5.41) is 1.71. The second kappa shape index (κ2) is 5.54. The molecule has 1 aromatic rings. The number of nitrogens with two attached hydrogens (primary N) is 1. The molecular weight excluding hydrogens is 332 g/mol. The van der Waals surface area contributed by atoms with Gasteiger partial charge in [-0.05, 0) is 34.3 Å². The summed E-state index contributed by atoms with van der Waals surface area (Å²) >= 11 is 9.06. The molecule has 0 amide bonds. The lowest BCUT2D eigenvalue weighted by Gasteiger charge is -2.12. The quantitative estimate of drug-likeness (QED) is 0.801. The summed E-state index contributed by atoms with van der Waals surface area (Å²) in [6.07, 6.45) is 0.345. The van der Waals surface area contributed by atoms with Crippen LogP contribution in [0.5, 0.6) is 0 Å². The maximum atomic E-state index is 11.9. The first-order valence-electron chi connectivity index (χ1n) is 4.36. The molecule has 0 aliphatic rings. The average molecular weight is 343 g/mol. The Morgan fingerprint density at radius 3 is 2.81 bits per heavy atom. The van der Waals surface area contributed by atoms with Crippen LogP contribution in [0.25, 0.3) is 0 Å². The van der Waals surface area contributed by atoms with Gasteiger partial charge < -0.3 is 5.73 Å². The third kappa shape index (κ3) is 3.77. The van der Waals surface area contributed by atoms with E-state index in [1.807, 2.05) is 0 Å². The Morgan fingerprint density at radius 1 is 1.75 bits per heavy atom. The van der Waals surface area contributed by atoms with E-state index in [9.17, 15) is 8.42 Å². The summed E-state index contributed by atoms with van der Waals surface area (Å²) in [5.41, 5.74) is 5.35. The molecule has 4 nitrogen and oxygen atoms in total. The van der Waals surface area contributed by atoms with Gasteiger partial charge in [-0.3, -0.25) is 0 Å². The Labute approximate surface area is 112 Å². The number of hydrogen-bond donors (Lipinski definition) is 2. The molecule has 0 saturated carbocycles. The number of thiophene rings is 1. The van der Waals surface area contributed by atoms with E-state index in [0.29, 0.717) is 15.9 Å². The Hall–Kier alpha value is -0.0200. The van der Waals surface area contributed by atoms with Crippen molar-refractivity contribution < 1.29 is 8.42 Å². The van der Waals surface area contributed by atoms with Crippen molar-refractivity contribution in [1.29, 1.82) is 0 Å². The van der Waals surface area contributed by atoms with E-state index in [-0.39, 0.29) is 10.3 Å². The third-order valence-electron chi connectivity index (χ3n) is 1.69. The molecular formula is C8H11BrN2O2S3. The molecule has 8 heteroatoms. The molecule has 0 aliphatic heterocycles. The highest BCUT2D eigenvalue weighted by Gasteiger charge is 2.21. The lowest BCUT2D eigenvalue weighted by atomic mass is 10.3. The highest BCUT2D eigenvalue weighted by atomic mass is 79.9. The zero-order valence-corrected chi connectivity index (χ0v) is 12.5. The molecule has 1 unspecified atom stereocenters. The van der Waals surface area contributed by atoms with Gasteiger partial charge in [0, 0.05) is 16.9 Å². The smallest absolute Gasteiger partial charge is 0.251 e. The van der Waals surface area contributed by atoms with Crippen LogP contribution in [0, 0.1) is 0 Å². The van der Waals surface area contributed by atoms with Gasteiger partial charge in [0.15, 0.2) is 0 Å². The SMILES string of the molecule is CC(CC(N)=S)NS(=O)(=O)c1sccc1Br. The number of nitrogens with one attached hydrogen (secondary N) is 1. The van der Waals surface area contributed by atoms with E-state index >= 15 is 0 Å². The van der Waals surface area contributed by atoms with Crippen LogP contribution in [0.4, 0.5) is 0 Å². The van der Waals surface area contributed by atoms with Crippen LogP contribution in [0.2, 0.25) is 0 Å². The monoisotopic (exact) mass is 342 g/mol. The Bertz CT molecular complexity index is 483. The van der Waals surface area contributed by atoms with Crippen molar-refractivity contribution in [1.82, 2.24) is 4.72 Å². The lowest BCUT2D eigenvalue weighted by Crippen LogP contribution is -2.35. The Morgan fingerprint density at radius 2 is 2.38 bits per heavy atom. The molecule has 0 aliphatic carbocycles. The van der Waals surface area contributed by atoms with Gasteiger partial charge in [-0.2, -0.15) is 0 Å². The molecule has 0 aromatic carbocycles. The normalized spacial score (nSPS) is 13.6. The first-order chi connectivity index (χ1) is 7.33. The first kappa shape index (κ1) is 14.0. The van der Waals surface area contributed by atoms with E-state index in [0.717, 1.165) is 11.3 Å². The number of hydrogen-bond acceptors (Lipinski definition) is 4. The summed E-state index contributed by atoms with van der Waals surface area (Å²) in [4.78, 5) is 0.292. The molecule has 3 N–H and O–H groups in total. The topological polar surface area (TPSA) is 72.2 Å². The molecule has 1 aromatic heterocycles. The minimum absolute atomic E-state index is 0.266. The van der Waals surface area contributed by atoms with Crippen LogP contribution < -0.4 is 10.5 Å². The van der Waals surface area contributed by atoms with Gasteiger partial charge in [-0.1, -0.05) is 12.2 Å². The van der Waals surface area contributed by atoms with Gasteiger partial charge in [0.05, 0.1) is 4.99 Å².